The first-order chi connectivity index (χ1) is 5.49. The maximum Gasteiger partial charge on any atom is 0.135 e. The van der Waals surface area contributed by atoms with Crippen molar-refractivity contribution >= 4 is 34.8 Å². The Balaban J connectivity index is 3.78. The highest BCUT2D eigenvalue weighted by Gasteiger charge is 2.24. The maximum absolute atomic E-state index is 9.15. The van der Waals surface area contributed by atoms with E-state index in [0.29, 0.717) is 0 Å². The third-order valence-corrected chi connectivity index (χ3v) is 2.29. The van der Waals surface area contributed by atoms with Gasteiger partial charge in [-0.2, -0.15) is 0 Å². The first-order valence-corrected chi connectivity index (χ1v) is 4.69. The molecule has 0 aromatic rings. The van der Waals surface area contributed by atoms with Crippen LogP contribution in [0, 0.1) is 0 Å². The number of alkyl halides is 3. The molecule has 0 bridgehead atoms. The van der Waals surface area contributed by atoms with Gasteiger partial charge in [-0.25, -0.2) is 0 Å². The molecule has 0 aliphatic carbocycles. The molecule has 0 saturated heterocycles. The molecule has 0 fully saturated rings. The molecule has 0 aliphatic heterocycles. The second-order valence-electron chi connectivity index (χ2n) is 2.41. The Morgan fingerprint density at radius 2 is 1.58 bits per heavy atom. The van der Waals surface area contributed by atoms with E-state index < -0.39 is 29.0 Å². The van der Waals surface area contributed by atoms with Crippen LogP contribution in [0.1, 0.15) is 6.42 Å². The van der Waals surface area contributed by atoms with E-state index >= 15 is 0 Å². The number of rotatable bonds is 5. The molecule has 3 N–H and O–H groups in total. The van der Waals surface area contributed by atoms with E-state index in [9.17, 15) is 0 Å². The van der Waals surface area contributed by atoms with E-state index in [0.717, 1.165) is 0 Å². The van der Waals surface area contributed by atoms with Gasteiger partial charge in [0.15, 0.2) is 0 Å². The molecule has 3 unspecified atom stereocenters. The largest absolute Gasteiger partial charge is 0.394 e. The zero-order valence-corrected chi connectivity index (χ0v) is 8.47. The molecular formula is C6H11Cl3O3. The van der Waals surface area contributed by atoms with Crippen LogP contribution in [0.2, 0.25) is 0 Å². The van der Waals surface area contributed by atoms with Crippen LogP contribution in [0.3, 0.4) is 0 Å². The molecule has 0 rings (SSSR count). The average molecular weight is 238 g/mol. The Morgan fingerprint density at radius 1 is 1.08 bits per heavy atom. The molecule has 12 heavy (non-hydrogen) atoms. The number of aliphatic hydroxyl groups excluding tert-OH is 3. The van der Waals surface area contributed by atoms with Crippen molar-refractivity contribution in [1.82, 2.24) is 0 Å². The molecule has 0 aromatic carbocycles. The Kier molecular flexibility index (Phi) is 6.63. The van der Waals surface area contributed by atoms with Gasteiger partial charge in [0.05, 0.1) is 18.1 Å². The summed E-state index contributed by atoms with van der Waals surface area (Å²) < 4.78 is 0. The molecule has 0 heterocycles. The molecule has 6 heteroatoms. The number of hydrogen-bond donors (Lipinski definition) is 3. The van der Waals surface area contributed by atoms with Crippen LogP contribution in [0.5, 0.6) is 0 Å². The Labute approximate surface area is 85.9 Å². The fourth-order valence-electron chi connectivity index (χ4n) is 0.632. The highest BCUT2D eigenvalue weighted by Crippen LogP contribution is 2.19. The molecule has 3 nitrogen and oxygen atoms in total. The van der Waals surface area contributed by atoms with Crippen LogP contribution in [0.4, 0.5) is 0 Å². The fraction of sp³-hybridized carbons (Fsp3) is 1.00. The summed E-state index contributed by atoms with van der Waals surface area (Å²) in [4.78, 5) is -0.988. The smallest absolute Gasteiger partial charge is 0.135 e. The minimum Gasteiger partial charge on any atom is -0.394 e. The maximum atomic E-state index is 9.15. The number of hydrogen-bond acceptors (Lipinski definition) is 3. The van der Waals surface area contributed by atoms with Gasteiger partial charge in [-0.3, -0.25) is 0 Å². The van der Waals surface area contributed by atoms with E-state index in [1.165, 1.54) is 0 Å². The third-order valence-electron chi connectivity index (χ3n) is 1.34. The summed E-state index contributed by atoms with van der Waals surface area (Å²) >= 11 is 16.3. The number of halogens is 3. The predicted molar refractivity (Wildman–Crippen MR) is 48.9 cm³/mol. The van der Waals surface area contributed by atoms with Crippen LogP contribution < -0.4 is 0 Å². The van der Waals surface area contributed by atoms with E-state index in [4.69, 9.17) is 50.1 Å². The predicted octanol–water partition coefficient (Wildman–Crippen LogP) is 0.502. The van der Waals surface area contributed by atoms with Crippen molar-refractivity contribution in [1.29, 1.82) is 0 Å². The zero-order valence-electron chi connectivity index (χ0n) is 6.20. The Hall–Kier alpha value is 0.750. The summed E-state index contributed by atoms with van der Waals surface area (Å²) in [6.45, 7) is -0.398. The molecule has 0 radical (unpaired) electrons. The lowest BCUT2D eigenvalue weighted by atomic mass is 10.1. The summed E-state index contributed by atoms with van der Waals surface area (Å²) in [5.41, 5.74) is 0. The van der Waals surface area contributed by atoms with E-state index in [2.05, 4.69) is 0 Å². The van der Waals surface area contributed by atoms with Crippen molar-refractivity contribution in [3.63, 3.8) is 0 Å². The van der Waals surface area contributed by atoms with Gasteiger partial charge in [-0.05, 0) is 6.42 Å². The summed E-state index contributed by atoms with van der Waals surface area (Å²) in [6.07, 6.45) is -2.00. The van der Waals surface area contributed by atoms with Crippen LogP contribution in [-0.2, 0) is 0 Å². The van der Waals surface area contributed by atoms with Gasteiger partial charge < -0.3 is 15.3 Å². The van der Waals surface area contributed by atoms with Crippen LogP contribution >= 0.6 is 34.8 Å². The first kappa shape index (κ1) is 12.8. The lowest BCUT2D eigenvalue weighted by Gasteiger charge is -2.19. The van der Waals surface area contributed by atoms with E-state index in [1.807, 2.05) is 0 Å². The molecule has 3 atom stereocenters. The minimum absolute atomic E-state index is 0.0508. The summed E-state index contributed by atoms with van der Waals surface area (Å²) in [5.74, 6) is 0. The molecular weight excluding hydrogens is 226 g/mol. The topological polar surface area (TPSA) is 60.7 Å². The van der Waals surface area contributed by atoms with Gasteiger partial charge in [-0.1, -0.05) is 0 Å². The first-order valence-electron chi connectivity index (χ1n) is 3.38. The van der Waals surface area contributed by atoms with Gasteiger partial charge in [0, 0.05) is 0 Å². The molecule has 0 amide bonds. The van der Waals surface area contributed by atoms with Gasteiger partial charge in [-0.15, -0.1) is 34.8 Å². The van der Waals surface area contributed by atoms with E-state index in [-0.39, 0.29) is 6.42 Å². The summed E-state index contributed by atoms with van der Waals surface area (Å²) in [6, 6.07) is 0. The molecule has 0 saturated carbocycles. The van der Waals surface area contributed by atoms with Gasteiger partial charge in [0.1, 0.15) is 10.9 Å². The average Bonchev–Trinajstić information content (AvgIpc) is 2.02. The molecule has 74 valence electrons. The zero-order chi connectivity index (χ0) is 9.72. The van der Waals surface area contributed by atoms with Crippen molar-refractivity contribution in [3.05, 3.63) is 0 Å². The van der Waals surface area contributed by atoms with Gasteiger partial charge >= 0.3 is 0 Å². The monoisotopic (exact) mass is 236 g/mol. The Morgan fingerprint density at radius 3 is 1.92 bits per heavy atom. The van der Waals surface area contributed by atoms with Crippen LogP contribution in [0.25, 0.3) is 0 Å². The fourth-order valence-corrected chi connectivity index (χ4v) is 1.48. The van der Waals surface area contributed by atoms with Gasteiger partial charge in [0.2, 0.25) is 0 Å². The molecule has 0 aliphatic rings. The van der Waals surface area contributed by atoms with Crippen molar-refractivity contribution in [2.75, 3.05) is 6.61 Å². The van der Waals surface area contributed by atoms with Crippen molar-refractivity contribution in [3.8, 4) is 0 Å². The lowest BCUT2D eigenvalue weighted by molar-refractivity contribution is 0.0727. The van der Waals surface area contributed by atoms with Crippen LogP contribution in [-0.4, -0.2) is 44.3 Å². The SMILES string of the molecule is OCC(O)CC(Cl)C(O)C(Cl)Cl. The van der Waals surface area contributed by atoms with Crippen molar-refractivity contribution in [2.45, 2.75) is 28.8 Å². The summed E-state index contributed by atoms with van der Waals surface area (Å²) in [5, 5.41) is 25.8. The second-order valence-corrected chi connectivity index (χ2v) is 4.14. The van der Waals surface area contributed by atoms with E-state index in [1.54, 1.807) is 0 Å². The highest BCUT2D eigenvalue weighted by atomic mass is 35.5. The molecule has 0 aromatic heterocycles. The quantitative estimate of drug-likeness (QED) is 0.610. The molecule has 0 spiro atoms. The third kappa shape index (κ3) is 4.70. The van der Waals surface area contributed by atoms with Crippen molar-refractivity contribution in [2.24, 2.45) is 0 Å². The normalized spacial score (nSPS) is 19.2. The highest BCUT2D eigenvalue weighted by molar-refractivity contribution is 6.45. The summed E-state index contributed by atoms with van der Waals surface area (Å²) in [7, 11) is 0. The standard InChI is InChI=1S/C6H11Cl3O3/c7-4(1-3(11)2-10)5(12)6(8)9/h3-6,10-12H,1-2H2. The van der Waals surface area contributed by atoms with Gasteiger partial charge in [0.25, 0.3) is 0 Å². The minimum atomic E-state index is -1.10. The van der Waals surface area contributed by atoms with Crippen molar-refractivity contribution < 1.29 is 15.3 Å². The van der Waals surface area contributed by atoms with Crippen LogP contribution in [0.15, 0.2) is 0 Å². The lowest BCUT2D eigenvalue weighted by Crippen LogP contribution is -2.31. The number of aliphatic hydroxyl groups is 3. The Bertz CT molecular complexity index is 123. The second kappa shape index (κ2) is 6.24.